The molecule has 1 aromatic heterocycles. The molecule has 162 valence electrons. The molecule has 0 unspecified atom stereocenters. The number of aromatic nitrogens is 1. The van der Waals surface area contributed by atoms with E-state index >= 15 is 0 Å². The van der Waals surface area contributed by atoms with Crippen LogP contribution in [0.3, 0.4) is 0 Å². The first-order valence-corrected chi connectivity index (χ1v) is 10.8. The third-order valence-electron chi connectivity index (χ3n) is 5.81. The van der Waals surface area contributed by atoms with Crippen LogP contribution in [0, 0.1) is 0 Å². The number of urea groups is 1. The first kappa shape index (κ1) is 21.4. The van der Waals surface area contributed by atoms with Gasteiger partial charge < -0.3 is 4.90 Å². The van der Waals surface area contributed by atoms with Crippen molar-refractivity contribution >= 4 is 22.6 Å². The largest absolute Gasteiger partial charge is 0.323 e. The van der Waals surface area contributed by atoms with Crippen LogP contribution in [0.15, 0.2) is 83.7 Å². The highest BCUT2D eigenvalue weighted by Crippen LogP contribution is 2.36. The van der Waals surface area contributed by atoms with Crippen molar-refractivity contribution in [3.8, 4) is 11.1 Å². The van der Waals surface area contributed by atoms with Gasteiger partial charge >= 0.3 is 6.03 Å². The van der Waals surface area contributed by atoms with E-state index in [1.807, 2.05) is 66.7 Å². The summed E-state index contributed by atoms with van der Waals surface area (Å²) in [5.74, 6) is 0.500. The van der Waals surface area contributed by atoms with Crippen LogP contribution in [0.5, 0.6) is 0 Å². The highest BCUT2D eigenvalue weighted by atomic mass is 16.2. The number of hydrogen-bond acceptors (Lipinski definition) is 2. The Morgan fingerprint density at radius 1 is 0.906 bits per heavy atom. The van der Waals surface area contributed by atoms with Gasteiger partial charge in [-0.05, 0) is 34.6 Å². The van der Waals surface area contributed by atoms with Gasteiger partial charge in [-0.3, -0.25) is 14.7 Å². The van der Waals surface area contributed by atoms with Gasteiger partial charge in [0.25, 0.3) is 5.56 Å². The van der Waals surface area contributed by atoms with E-state index in [-0.39, 0.29) is 11.6 Å². The summed E-state index contributed by atoms with van der Waals surface area (Å²) < 4.78 is 1.54. The van der Waals surface area contributed by atoms with Crippen LogP contribution in [-0.4, -0.2) is 22.5 Å². The molecule has 0 radical (unpaired) electrons. The molecular weight excluding hydrogens is 398 g/mol. The lowest BCUT2D eigenvalue weighted by atomic mass is 9.94. The Balaban J connectivity index is 1.84. The number of aryl methyl sites for hydroxylation is 1. The average Bonchev–Trinajstić information content (AvgIpc) is 2.83. The number of rotatable bonds is 5. The average molecular weight is 426 g/mol. The molecular formula is C27H27N3O2. The topological polar surface area (TPSA) is 54.3 Å². The van der Waals surface area contributed by atoms with Crippen LogP contribution in [0.2, 0.25) is 0 Å². The van der Waals surface area contributed by atoms with E-state index in [4.69, 9.17) is 0 Å². The summed E-state index contributed by atoms with van der Waals surface area (Å²) in [4.78, 5) is 27.9. The van der Waals surface area contributed by atoms with Crippen molar-refractivity contribution in [1.29, 1.82) is 0 Å². The Morgan fingerprint density at radius 3 is 2.25 bits per heavy atom. The van der Waals surface area contributed by atoms with Gasteiger partial charge in [0.1, 0.15) is 5.82 Å². The fraction of sp³-hybridized carbons (Fsp3) is 0.185. The molecule has 0 fully saturated rings. The quantitative estimate of drug-likeness (QED) is 0.463. The predicted octanol–water partition coefficient (Wildman–Crippen LogP) is 5.43. The fourth-order valence-corrected chi connectivity index (χ4v) is 4.08. The third kappa shape index (κ3) is 4.02. The van der Waals surface area contributed by atoms with E-state index in [0.717, 1.165) is 34.1 Å². The smallest absolute Gasteiger partial charge is 0.323 e. The minimum Gasteiger partial charge on any atom is -0.323 e. The number of carbonyl (C=O) groups excluding carboxylic acids is 1. The number of benzene rings is 3. The van der Waals surface area contributed by atoms with Crippen molar-refractivity contribution in [2.24, 2.45) is 7.05 Å². The number of nitrogens with zero attached hydrogens (tertiary/aromatic N) is 2. The van der Waals surface area contributed by atoms with Gasteiger partial charge in [-0.1, -0.05) is 79.7 Å². The van der Waals surface area contributed by atoms with E-state index in [1.165, 1.54) is 0 Å². The van der Waals surface area contributed by atoms with Crippen LogP contribution >= 0.6 is 0 Å². The van der Waals surface area contributed by atoms with E-state index in [2.05, 4.69) is 24.4 Å². The highest BCUT2D eigenvalue weighted by Gasteiger charge is 2.21. The maximum Gasteiger partial charge on any atom is 0.323 e. The summed E-state index contributed by atoms with van der Waals surface area (Å²) in [6.07, 6.45) is 0.842. The summed E-state index contributed by atoms with van der Waals surface area (Å²) in [6.45, 7) is 2.57. The second-order valence-corrected chi connectivity index (χ2v) is 7.92. The Hall–Kier alpha value is -3.86. The number of fused-ring (bicyclic) bond motifs is 1. The first-order valence-electron chi connectivity index (χ1n) is 10.8. The molecule has 4 rings (SSSR count). The van der Waals surface area contributed by atoms with Gasteiger partial charge in [0.2, 0.25) is 0 Å². The molecule has 4 aromatic rings. The minimum absolute atomic E-state index is 0.139. The molecule has 5 heteroatoms. The van der Waals surface area contributed by atoms with Gasteiger partial charge in [0.15, 0.2) is 0 Å². The lowest BCUT2D eigenvalue weighted by Gasteiger charge is -2.23. The van der Waals surface area contributed by atoms with Crippen molar-refractivity contribution in [3.63, 3.8) is 0 Å². The normalized spacial score (nSPS) is 10.8. The molecule has 0 aliphatic heterocycles. The van der Waals surface area contributed by atoms with Crippen LogP contribution in [0.1, 0.15) is 18.1 Å². The van der Waals surface area contributed by atoms with Crippen molar-refractivity contribution in [2.45, 2.75) is 19.9 Å². The molecule has 0 aliphatic rings. The summed E-state index contributed by atoms with van der Waals surface area (Å²) in [5, 5.41) is 4.49. The Bertz CT molecular complexity index is 1330. The van der Waals surface area contributed by atoms with Gasteiger partial charge in [-0.15, -0.1) is 0 Å². The molecule has 0 bridgehead atoms. The second kappa shape index (κ2) is 9.10. The molecule has 0 atom stereocenters. The van der Waals surface area contributed by atoms with Crippen LogP contribution in [0.4, 0.5) is 10.6 Å². The summed E-state index contributed by atoms with van der Waals surface area (Å²) >= 11 is 0. The Kier molecular flexibility index (Phi) is 6.08. The number of anilines is 1. The molecule has 1 N–H and O–H groups in total. The summed E-state index contributed by atoms with van der Waals surface area (Å²) in [6, 6.07) is 25.3. The molecule has 0 aliphatic carbocycles. The molecule has 1 heterocycles. The number of hydrogen-bond donors (Lipinski definition) is 1. The second-order valence-electron chi connectivity index (χ2n) is 7.92. The number of amides is 2. The van der Waals surface area contributed by atoms with E-state index in [0.29, 0.717) is 17.7 Å². The van der Waals surface area contributed by atoms with Crippen molar-refractivity contribution in [3.05, 3.63) is 100 Å². The number of pyridine rings is 1. The zero-order chi connectivity index (χ0) is 22.7. The monoisotopic (exact) mass is 425 g/mol. The molecule has 32 heavy (non-hydrogen) atoms. The van der Waals surface area contributed by atoms with Gasteiger partial charge in [0, 0.05) is 31.6 Å². The van der Waals surface area contributed by atoms with E-state index in [9.17, 15) is 9.59 Å². The predicted molar refractivity (Wildman–Crippen MR) is 131 cm³/mol. The SMILES string of the molecule is CCc1ccccc1-c1c(NC(=O)N(C)Cc2ccccc2)n(C)c(=O)c2ccccc12. The minimum atomic E-state index is -0.269. The summed E-state index contributed by atoms with van der Waals surface area (Å²) in [7, 11) is 3.46. The molecule has 5 nitrogen and oxygen atoms in total. The highest BCUT2D eigenvalue weighted by molar-refractivity contribution is 6.05. The van der Waals surface area contributed by atoms with Gasteiger partial charge in [0.05, 0.1) is 0 Å². The Morgan fingerprint density at radius 2 is 1.53 bits per heavy atom. The zero-order valence-electron chi connectivity index (χ0n) is 18.6. The van der Waals surface area contributed by atoms with Crippen molar-refractivity contribution in [2.75, 3.05) is 12.4 Å². The molecule has 3 aromatic carbocycles. The van der Waals surface area contributed by atoms with Gasteiger partial charge in [-0.2, -0.15) is 0 Å². The third-order valence-corrected chi connectivity index (χ3v) is 5.81. The Labute approximate surface area is 187 Å². The zero-order valence-corrected chi connectivity index (χ0v) is 18.6. The molecule has 0 saturated carbocycles. The lowest BCUT2D eigenvalue weighted by Crippen LogP contribution is -2.33. The standard InChI is InChI=1S/C27H27N3O2/c1-4-20-14-8-9-15-21(20)24-22-16-10-11-17-23(22)26(31)30(3)25(24)28-27(32)29(2)18-19-12-6-5-7-13-19/h5-17H,4,18H2,1-3H3,(H,28,32). The number of nitrogens with one attached hydrogen (secondary N) is 1. The van der Waals surface area contributed by atoms with E-state index < -0.39 is 0 Å². The fourth-order valence-electron chi connectivity index (χ4n) is 4.08. The maximum atomic E-state index is 13.2. The van der Waals surface area contributed by atoms with Crippen molar-refractivity contribution in [1.82, 2.24) is 9.47 Å². The lowest BCUT2D eigenvalue weighted by molar-refractivity contribution is 0.220. The molecule has 0 saturated heterocycles. The molecule has 0 spiro atoms. The maximum absolute atomic E-state index is 13.2. The van der Waals surface area contributed by atoms with Crippen LogP contribution < -0.4 is 10.9 Å². The first-order chi connectivity index (χ1) is 15.5. The van der Waals surface area contributed by atoms with Crippen LogP contribution in [0.25, 0.3) is 21.9 Å². The van der Waals surface area contributed by atoms with Crippen LogP contribution in [-0.2, 0) is 20.0 Å². The van der Waals surface area contributed by atoms with E-state index in [1.54, 1.807) is 23.6 Å². The molecule has 2 amide bonds. The van der Waals surface area contributed by atoms with Gasteiger partial charge in [-0.25, -0.2) is 4.79 Å². The summed E-state index contributed by atoms with van der Waals surface area (Å²) in [5.41, 5.74) is 3.93. The van der Waals surface area contributed by atoms with Crippen molar-refractivity contribution < 1.29 is 4.79 Å². The number of carbonyl (C=O) groups is 1.